The topological polar surface area (TPSA) is 55.8 Å². The minimum atomic E-state index is -4.29. The SMILES string of the molecule is CC(=O)C1OC(CN(SCCC(F)(F)F)C(=O)OC(C)(C)C)CC1C. The van der Waals surface area contributed by atoms with Gasteiger partial charge in [-0.15, -0.1) is 0 Å². The maximum Gasteiger partial charge on any atom is 0.420 e. The molecule has 0 radical (unpaired) electrons. The Morgan fingerprint density at radius 1 is 1.28 bits per heavy atom. The Hall–Kier alpha value is -0.960. The molecule has 0 aromatic carbocycles. The van der Waals surface area contributed by atoms with E-state index in [2.05, 4.69) is 0 Å². The fourth-order valence-electron chi connectivity index (χ4n) is 2.50. The van der Waals surface area contributed by atoms with Crippen molar-refractivity contribution in [3.05, 3.63) is 0 Å². The van der Waals surface area contributed by atoms with Gasteiger partial charge >= 0.3 is 12.3 Å². The van der Waals surface area contributed by atoms with Crippen LogP contribution in [0.3, 0.4) is 0 Å². The summed E-state index contributed by atoms with van der Waals surface area (Å²) in [5.74, 6) is -0.382. The number of alkyl halides is 3. The third kappa shape index (κ3) is 8.31. The lowest BCUT2D eigenvalue weighted by Gasteiger charge is -2.28. The highest BCUT2D eigenvalue weighted by atomic mass is 32.2. The van der Waals surface area contributed by atoms with Gasteiger partial charge < -0.3 is 9.47 Å². The molecule has 1 saturated heterocycles. The summed E-state index contributed by atoms with van der Waals surface area (Å²) in [7, 11) is 0. The zero-order valence-corrected chi connectivity index (χ0v) is 16.0. The minimum Gasteiger partial charge on any atom is -0.443 e. The summed E-state index contributed by atoms with van der Waals surface area (Å²) >= 11 is 0.769. The standard InChI is InChI=1S/C16H26F3NO4S/c1-10-8-12(23-13(10)11(2)21)9-20(14(22)24-15(3,4)5)25-7-6-16(17,18)19/h10,12-13H,6-9H2,1-5H3. The van der Waals surface area contributed by atoms with E-state index in [4.69, 9.17) is 9.47 Å². The van der Waals surface area contributed by atoms with Crippen LogP contribution in [0.15, 0.2) is 0 Å². The van der Waals surface area contributed by atoms with Crippen LogP contribution in [0, 0.1) is 5.92 Å². The van der Waals surface area contributed by atoms with Gasteiger partial charge in [0.05, 0.1) is 19.1 Å². The normalized spacial score (nSPS) is 24.2. The molecule has 3 atom stereocenters. The number of hydrogen-bond acceptors (Lipinski definition) is 5. The van der Waals surface area contributed by atoms with Gasteiger partial charge in [-0.3, -0.25) is 4.79 Å². The van der Waals surface area contributed by atoms with Gasteiger partial charge in [0.1, 0.15) is 11.7 Å². The molecule has 9 heteroatoms. The maximum absolute atomic E-state index is 12.4. The van der Waals surface area contributed by atoms with E-state index in [1.54, 1.807) is 20.8 Å². The Morgan fingerprint density at radius 3 is 2.32 bits per heavy atom. The first-order chi connectivity index (χ1) is 11.3. The molecular weight excluding hydrogens is 359 g/mol. The van der Waals surface area contributed by atoms with Crippen molar-refractivity contribution in [3.8, 4) is 0 Å². The number of rotatable bonds is 6. The minimum absolute atomic E-state index is 0.00293. The van der Waals surface area contributed by atoms with Gasteiger partial charge in [0.2, 0.25) is 0 Å². The molecule has 146 valence electrons. The van der Waals surface area contributed by atoms with Crippen LogP contribution in [0.4, 0.5) is 18.0 Å². The summed E-state index contributed by atoms with van der Waals surface area (Å²) in [6.45, 7) is 8.44. The summed E-state index contributed by atoms with van der Waals surface area (Å²) < 4.78 is 49.2. The number of ketones is 1. The van der Waals surface area contributed by atoms with Crippen LogP contribution < -0.4 is 0 Å². The Kier molecular flexibility index (Phi) is 7.61. The first kappa shape index (κ1) is 22.1. The van der Waals surface area contributed by atoms with Crippen molar-refractivity contribution in [1.29, 1.82) is 0 Å². The van der Waals surface area contributed by atoms with E-state index >= 15 is 0 Å². The molecule has 3 unspecified atom stereocenters. The molecule has 0 aromatic heterocycles. The maximum atomic E-state index is 12.4. The van der Waals surface area contributed by atoms with Crippen LogP contribution in [0.1, 0.15) is 47.5 Å². The van der Waals surface area contributed by atoms with Crippen LogP contribution >= 0.6 is 11.9 Å². The van der Waals surface area contributed by atoms with Gasteiger partial charge in [0.25, 0.3) is 0 Å². The average molecular weight is 385 g/mol. The predicted octanol–water partition coefficient (Wildman–Crippen LogP) is 4.21. The van der Waals surface area contributed by atoms with Gasteiger partial charge in [0.15, 0.2) is 5.78 Å². The summed E-state index contributed by atoms with van der Waals surface area (Å²) in [6.07, 6.45) is -6.38. The van der Waals surface area contributed by atoms with Crippen LogP contribution in [0.2, 0.25) is 0 Å². The van der Waals surface area contributed by atoms with Crippen molar-refractivity contribution in [2.24, 2.45) is 5.92 Å². The molecule has 0 aromatic rings. The van der Waals surface area contributed by atoms with Crippen molar-refractivity contribution in [2.75, 3.05) is 12.3 Å². The number of carbonyl (C=O) groups excluding carboxylic acids is 2. The second-order valence-electron chi connectivity index (χ2n) is 7.24. The van der Waals surface area contributed by atoms with E-state index in [9.17, 15) is 22.8 Å². The van der Waals surface area contributed by atoms with Gasteiger partial charge in [0, 0.05) is 5.75 Å². The molecule has 1 amide bonds. The first-order valence-electron chi connectivity index (χ1n) is 8.14. The second-order valence-corrected chi connectivity index (χ2v) is 8.35. The van der Waals surface area contributed by atoms with Crippen molar-refractivity contribution >= 4 is 23.8 Å². The van der Waals surface area contributed by atoms with Gasteiger partial charge in [-0.1, -0.05) is 6.92 Å². The number of nitrogens with zero attached hydrogens (tertiary/aromatic N) is 1. The molecule has 0 bridgehead atoms. The highest BCUT2D eigenvalue weighted by molar-refractivity contribution is 7.97. The summed E-state index contributed by atoms with van der Waals surface area (Å²) in [4.78, 5) is 23.8. The van der Waals surface area contributed by atoms with Gasteiger partial charge in [-0.2, -0.15) is 13.2 Å². The first-order valence-corrected chi connectivity index (χ1v) is 9.09. The van der Waals surface area contributed by atoms with Crippen LogP contribution in [0.25, 0.3) is 0 Å². The monoisotopic (exact) mass is 385 g/mol. The molecule has 1 aliphatic heterocycles. The van der Waals surface area contributed by atoms with Crippen LogP contribution in [-0.4, -0.2) is 52.5 Å². The predicted molar refractivity (Wildman–Crippen MR) is 89.2 cm³/mol. The molecule has 0 aliphatic carbocycles. The summed E-state index contributed by atoms with van der Waals surface area (Å²) in [6, 6.07) is 0. The fourth-order valence-corrected chi connectivity index (χ4v) is 3.46. The van der Waals surface area contributed by atoms with Crippen molar-refractivity contribution in [3.63, 3.8) is 0 Å². The Morgan fingerprint density at radius 2 is 1.88 bits per heavy atom. The van der Waals surface area contributed by atoms with Crippen molar-refractivity contribution in [1.82, 2.24) is 4.31 Å². The Labute approximate surface area is 150 Å². The number of Topliss-reactive ketones (excluding diaryl/α,β-unsaturated/α-hetero) is 1. The molecule has 0 saturated carbocycles. The number of ether oxygens (including phenoxy) is 2. The van der Waals surface area contributed by atoms with E-state index in [1.807, 2.05) is 6.92 Å². The third-order valence-electron chi connectivity index (χ3n) is 3.49. The largest absolute Gasteiger partial charge is 0.443 e. The number of hydrogen-bond donors (Lipinski definition) is 0. The highest BCUT2D eigenvalue weighted by Gasteiger charge is 2.37. The highest BCUT2D eigenvalue weighted by Crippen LogP contribution is 2.30. The fraction of sp³-hybridized carbons (Fsp3) is 0.875. The van der Waals surface area contributed by atoms with Crippen LogP contribution in [-0.2, 0) is 14.3 Å². The molecule has 1 heterocycles. The van der Waals surface area contributed by atoms with Crippen LogP contribution in [0.5, 0.6) is 0 Å². The van der Waals surface area contributed by atoms with Crippen molar-refractivity contribution in [2.45, 2.75) is 71.4 Å². The molecule has 25 heavy (non-hydrogen) atoms. The third-order valence-corrected chi connectivity index (χ3v) is 4.49. The molecule has 0 N–H and O–H groups in total. The number of carbonyl (C=O) groups is 2. The molecule has 1 fully saturated rings. The lowest BCUT2D eigenvalue weighted by Crippen LogP contribution is -2.37. The smallest absolute Gasteiger partial charge is 0.420 e. The Balaban J connectivity index is 2.70. The zero-order chi connectivity index (χ0) is 19.4. The van der Waals surface area contributed by atoms with Gasteiger partial charge in [-0.25, -0.2) is 9.10 Å². The lowest BCUT2D eigenvalue weighted by molar-refractivity contribution is -0.130. The zero-order valence-electron chi connectivity index (χ0n) is 15.2. The molecule has 1 aliphatic rings. The number of halogens is 3. The van der Waals surface area contributed by atoms with Gasteiger partial charge in [-0.05, 0) is 52.0 Å². The van der Waals surface area contributed by atoms with E-state index in [0.717, 1.165) is 16.3 Å². The lowest BCUT2D eigenvalue weighted by atomic mass is 9.99. The van der Waals surface area contributed by atoms with Crippen molar-refractivity contribution < 1.29 is 32.2 Å². The summed E-state index contributed by atoms with van der Waals surface area (Å²) in [5, 5.41) is 0. The van der Waals surface area contributed by atoms with E-state index in [1.165, 1.54) is 6.92 Å². The second kappa shape index (κ2) is 8.62. The molecular formula is C16H26F3NO4S. The Bertz CT molecular complexity index is 479. The van der Waals surface area contributed by atoms with E-state index < -0.39 is 36.5 Å². The molecule has 0 spiro atoms. The quantitative estimate of drug-likeness (QED) is 0.641. The molecule has 5 nitrogen and oxygen atoms in total. The molecule has 1 rings (SSSR count). The summed E-state index contributed by atoms with van der Waals surface area (Å²) in [5.41, 5.74) is -0.758. The van der Waals surface area contributed by atoms with E-state index in [0.29, 0.717) is 6.42 Å². The number of amides is 1. The van der Waals surface area contributed by atoms with E-state index in [-0.39, 0.29) is 24.0 Å². The average Bonchev–Trinajstić information content (AvgIpc) is 2.75.